The van der Waals surface area contributed by atoms with E-state index in [0.29, 0.717) is 17.1 Å². The number of thioether (sulfide) groups is 1. The predicted octanol–water partition coefficient (Wildman–Crippen LogP) is 4.05. The van der Waals surface area contributed by atoms with Gasteiger partial charge in [-0.15, -0.1) is 11.8 Å². The average molecular weight is 442 g/mol. The Balaban J connectivity index is 2.02. The fourth-order valence-electron chi connectivity index (χ4n) is 3.06. The van der Waals surface area contributed by atoms with E-state index in [1.807, 2.05) is 30.3 Å². The van der Waals surface area contributed by atoms with Gasteiger partial charge < -0.3 is 24.1 Å². The summed E-state index contributed by atoms with van der Waals surface area (Å²) < 4.78 is 15.8. The normalized spacial score (nSPS) is 11.7. The van der Waals surface area contributed by atoms with Crippen molar-refractivity contribution in [1.82, 2.24) is 0 Å². The van der Waals surface area contributed by atoms with Gasteiger partial charge in [0.1, 0.15) is 5.76 Å². The number of carbonyl (C=O) groups excluding carboxylic acids is 1. The standard InChI is InChI=1S/C23H22O7S/c1-28-20-10-14(8-9-18(20)24)17(12-21(26)29-2)23-22(27)19(25)11-15(30-23)13-31-16-6-4-3-5-7-16/h3-11,17,24,27H,12-13H2,1-2H3/t17-/m1/s1. The average Bonchev–Trinajstić information content (AvgIpc) is 2.79. The molecule has 2 aromatic carbocycles. The van der Waals surface area contributed by atoms with Gasteiger partial charge in [0.05, 0.1) is 32.3 Å². The number of methoxy groups -OCH3 is 2. The number of hydrogen-bond acceptors (Lipinski definition) is 8. The van der Waals surface area contributed by atoms with Crippen molar-refractivity contribution < 1.29 is 28.9 Å². The van der Waals surface area contributed by atoms with E-state index < -0.39 is 23.1 Å². The Morgan fingerprint density at radius 1 is 1.10 bits per heavy atom. The van der Waals surface area contributed by atoms with Crippen LogP contribution in [0.2, 0.25) is 0 Å². The summed E-state index contributed by atoms with van der Waals surface area (Å²) in [5, 5.41) is 20.4. The molecule has 0 aliphatic heterocycles. The van der Waals surface area contributed by atoms with Gasteiger partial charge in [-0.05, 0) is 29.8 Å². The summed E-state index contributed by atoms with van der Waals surface area (Å²) in [5.74, 6) is -1.18. The third kappa shape index (κ3) is 5.40. The Hall–Kier alpha value is -3.39. The lowest BCUT2D eigenvalue weighted by molar-refractivity contribution is -0.140. The van der Waals surface area contributed by atoms with E-state index in [1.54, 1.807) is 6.07 Å². The van der Waals surface area contributed by atoms with E-state index in [9.17, 15) is 19.8 Å². The van der Waals surface area contributed by atoms with Gasteiger partial charge in [-0.25, -0.2) is 0 Å². The van der Waals surface area contributed by atoms with Crippen molar-refractivity contribution in [3.05, 3.63) is 81.9 Å². The molecular formula is C23H22O7S. The molecule has 0 radical (unpaired) electrons. The topological polar surface area (TPSA) is 106 Å². The number of phenols is 1. The number of phenolic OH excluding ortho intramolecular Hbond substituents is 1. The Morgan fingerprint density at radius 3 is 2.52 bits per heavy atom. The fraction of sp³-hybridized carbons (Fsp3) is 0.217. The highest BCUT2D eigenvalue weighted by molar-refractivity contribution is 7.98. The maximum absolute atomic E-state index is 12.4. The predicted molar refractivity (Wildman–Crippen MR) is 116 cm³/mol. The van der Waals surface area contributed by atoms with Gasteiger partial charge in [-0.3, -0.25) is 9.59 Å². The van der Waals surface area contributed by atoms with Crippen LogP contribution in [-0.4, -0.2) is 30.4 Å². The van der Waals surface area contributed by atoms with Crippen molar-refractivity contribution in [2.45, 2.75) is 23.0 Å². The number of aromatic hydroxyl groups is 2. The number of benzene rings is 2. The van der Waals surface area contributed by atoms with Crippen LogP contribution in [-0.2, 0) is 15.3 Å². The summed E-state index contributed by atoms with van der Waals surface area (Å²) in [4.78, 5) is 25.5. The fourth-order valence-corrected chi connectivity index (χ4v) is 3.86. The molecule has 0 saturated heterocycles. The molecule has 31 heavy (non-hydrogen) atoms. The van der Waals surface area contributed by atoms with E-state index in [0.717, 1.165) is 4.90 Å². The molecule has 0 fully saturated rings. The molecule has 1 aromatic heterocycles. The van der Waals surface area contributed by atoms with Crippen LogP contribution in [0.5, 0.6) is 17.2 Å². The highest BCUT2D eigenvalue weighted by Crippen LogP contribution is 2.38. The molecule has 0 saturated carbocycles. The molecule has 162 valence electrons. The molecule has 3 rings (SSSR count). The second-order valence-electron chi connectivity index (χ2n) is 6.66. The van der Waals surface area contributed by atoms with Crippen LogP contribution in [0, 0.1) is 0 Å². The van der Waals surface area contributed by atoms with Gasteiger partial charge >= 0.3 is 5.97 Å². The number of hydrogen-bond donors (Lipinski definition) is 2. The van der Waals surface area contributed by atoms with Gasteiger partial charge in [0, 0.05) is 11.0 Å². The van der Waals surface area contributed by atoms with Crippen molar-refractivity contribution in [3.63, 3.8) is 0 Å². The lowest BCUT2D eigenvalue weighted by Gasteiger charge is -2.18. The summed E-state index contributed by atoms with van der Waals surface area (Å²) in [6.07, 6.45) is -0.184. The molecule has 0 amide bonds. The minimum atomic E-state index is -0.823. The molecule has 0 unspecified atom stereocenters. The van der Waals surface area contributed by atoms with Crippen LogP contribution in [0.1, 0.15) is 29.4 Å². The first-order chi connectivity index (χ1) is 14.9. The van der Waals surface area contributed by atoms with E-state index in [1.165, 1.54) is 44.2 Å². The summed E-state index contributed by atoms with van der Waals surface area (Å²) in [6.45, 7) is 0. The van der Waals surface area contributed by atoms with Crippen LogP contribution in [0.4, 0.5) is 0 Å². The maximum Gasteiger partial charge on any atom is 0.306 e. The highest BCUT2D eigenvalue weighted by Gasteiger charge is 2.27. The van der Waals surface area contributed by atoms with Crippen molar-refractivity contribution in [2.75, 3.05) is 14.2 Å². The van der Waals surface area contributed by atoms with Crippen LogP contribution in [0.15, 0.2) is 68.7 Å². The zero-order valence-electron chi connectivity index (χ0n) is 17.0. The van der Waals surface area contributed by atoms with Crippen LogP contribution < -0.4 is 10.2 Å². The van der Waals surface area contributed by atoms with Crippen molar-refractivity contribution in [1.29, 1.82) is 0 Å². The molecule has 0 bridgehead atoms. The van der Waals surface area contributed by atoms with Gasteiger partial charge in [0.25, 0.3) is 0 Å². The smallest absolute Gasteiger partial charge is 0.306 e. The molecule has 0 aliphatic rings. The van der Waals surface area contributed by atoms with Crippen molar-refractivity contribution >= 4 is 17.7 Å². The van der Waals surface area contributed by atoms with Gasteiger partial charge in [-0.2, -0.15) is 0 Å². The first kappa shape index (κ1) is 22.3. The summed E-state index contributed by atoms with van der Waals surface area (Å²) in [6, 6.07) is 15.3. The third-order valence-corrected chi connectivity index (χ3v) is 5.68. The lowest BCUT2D eigenvalue weighted by atomic mass is 9.92. The quantitative estimate of drug-likeness (QED) is 0.398. The van der Waals surface area contributed by atoms with Gasteiger partial charge in [-0.1, -0.05) is 24.3 Å². The number of carbonyl (C=O) groups is 1. The molecule has 2 N–H and O–H groups in total. The lowest BCUT2D eigenvalue weighted by Crippen LogP contribution is -2.14. The zero-order chi connectivity index (χ0) is 22.4. The summed E-state index contributed by atoms with van der Waals surface area (Å²) in [5.41, 5.74) is -0.100. The van der Waals surface area contributed by atoms with Gasteiger partial charge in [0.2, 0.25) is 11.2 Å². The Labute approximate surface area is 183 Å². The maximum atomic E-state index is 12.4. The Bertz CT molecular complexity index is 1110. The first-order valence-electron chi connectivity index (χ1n) is 9.40. The molecule has 1 atom stereocenters. The minimum absolute atomic E-state index is 0.0469. The Kier molecular flexibility index (Phi) is 7.25. The van der Waals surface area contributed by atoms with E-state index >= 15 is 0 Å². The molecule has 3 aromatic rings. The molecule has 0 spiro atoms. The Morgan fingerprint density at radius 2 is 1.84 bits per heavy atom. The van der Waals surface area contributed by atoms with E-state index in [4.69, 9.17) is 13.9 Å². The minimum Gasteiger partial charge on any atom is -0.504 e. The molecular weight excluding hydrogens is 420 g/mol. The highest BCUT2D eigenvalue weighted by atomic mass is 32.2. The third-order valence-electron chi connectivity index (χ3n) is 4.65. The van der Waals surface area contributed by atoms with E-state index in [-0.39, 0.29) is 23.7 Å². The van der Waals surface area contributed by atoms with Crippen LogP contribution >= 0.6 is 11.8 Å². The SMILES string of the molecule is COC(=O)C[C@H](c1ccc(O)c(OC)c1)c1oc(CSc2ccccc2)cc(=O)c1O. The number of ether oxygens (including phenoxy) is 2. The molecule has 8 heteroatoms. The molecule has 0 aliphatic carbocycles. The second-order valence-corrected chi connectivity index (χ2v) is 7.70. The van der Waals surface area contributed by atoms with Gasteiger partial charge in [0.15, 0.2) is 17.3 Å². The largest absolute Gasteiger partial charge is 0.504 e. The molecule has 7 nitrogen and oxygen atoms in total. The van der Waals surface area contributed by atoms with Crippen molar-refractivity contribution in [2.24, 2.45) is 0 Å². The summed E-state index contributed by atoms with van der Waals surface area (Å²) >= 11 is 1.47. The van der Waals surface area contributed by atoms with Crippen molar-refractivity contribution in [3.8, 4) is 17.2 Å². The van der Waals surface area contributed by atoms with Crippen LogP contribution in [0.25, 0.3) is 0 Å². The van der Waals surface area contributed by atoms with Crippen LogP contribution in [0.3, 0.4) is 0 Å². The molecule has 1 heterocycles. The monoisotopic (exact) mass is 442 g/mol. The number of rotatable bonds is 8. The first-order valence-corrected chi connectivity index (χ1v) is 10.4. The number of esters is 1. The zero-order valence-corrected chi connectivity index (χ0v) is 17.8. The summed E-state index contributed by atoms with van der Waals surface area (Å²) in [7, 11) is 2.65. The van der Waals surface area contributed by atoms with E-state index in [2.05, 4.69) is 0 Å². The second kappa shape index (κ2) is 10.1.